The molecule has 0 aromatic rings. The molecule has 4 rings (SSSR count). The summed E-state index contributed by atoms with van der Waals surface area (Å²) in [6.45, 7) is 5.32. The summed E-state index contributed by atoms with van der Waals surface area (Å²) in [6.07, 6.45) is 6.78. The average Bonchev–Trinajstić information content (AvgIpc) is 2.92. The summed E-state index contributed by atoms with van der Waals surface area (Å²) in [6, 6.07) is 0. The molecule has 1 radical (unpaired) electrons. The fourth-order valence-electron chi connectivity index (χ4n) is 3.94. The molecule has 0 amide bonds. The van der Waals surface area contributed by atoms with Crippen LogP contribution < -0.4 is 10.2 Å². The van der Waals surface area contributed by atoms with Crippen LogP contribution in [0.1, 0.15) is 51.4 Å². The first-order valence-corrected chi connectivity index (χ1v) is 12.6. The molecule has 15 heteroatoms. The SMILES string of the molecule is Cl.Cl.O=C(O)C1CCC[N-]C1.O=C(O)C1CCC[N-]C1.O=C([O-])C1CCC[N-]C1.O=C([O-])C1CCC[N-]C1.[Rh+2]. The first-order chi connectivity index (χ1) is 17.2. The molecule has 0 saturated carbocycles. The van der Waals surface area contributed by atoms with Crippen molar-refractivity contribution in [2.75, 3.05) is 52.4 Å². The van der Waals surface area contributed by atoms with E-state index in [1.165, 1.54) is 0 Å². The van der Waals surface area contributed by atoms with E-state index in [-0.39, 0.29) is 68.0 Å². The van der Waals surface area contributed by atoms with E-state index < -0.39 is 23.9 Å². The van der Waals surface area contributed by atoms with E-state index in [2.05, 4.69) is 21.3 Å². The van der Waals surface area contributed by atoms with Gasteiger partial charge in [-0.25, -0.2) is 0 Å². The van der Waals surface area contributed by atoms with Crippen LogP contribution in [0.2, 0.25) is 0 Å². The third-order valence-corrected chi connectivity index (χ3v) is 6.24. The van der Waals surface area contributed by atoms with Gasteiger partial charge >= 0.3 is 31.4 Å². The first-order valence-electron chi connectivity index (χ1n) is 12.6. The van der Waals surface area contributed by atoms with E-state index in [0.717, 1.165) is 77.5 Å². The Labute approximate surface area is 255 Å². The van der Waals surface area contributed by atoms with Crippen molar-refractivity contribution >= 4 is 48.7 Å². The van der Waals surface area contributed by atoms with Crippen LogP contribution in [0.3, 0.4) is 0 Å². The molecule has 0 aromatic heterocycles. The Balaban J connectivity index is -0.000000432. The fraction of sp³-hybridized carbons (Fsp3) is 0.833. The van der Waals surface area contributed by atoms with Crippen LogP contribution in [0.15, 0.2) is 0 Å². The molecule has 0 aliphatic carbocycles. The Bertz CT molecular complexity index is 561. The predicted octanol–water partition coefficient (Wildman–Crippen LogP) is 1.59. The summed E-state index contributed by atoms with van der Waals surface area (Å²) in [5.74, 6) is -4.29. The second kappa shape index (κ2) is 25.9. The number of rotatable bonds is 4. The maximum atomic E-state index is 10.3. The fourth-order valence-corrected chi connectivity index (χ4v) is 3.94. The first kappa shape index (κ1) is 42.4. The van der Waals surface area contributed by atoms with Crippen LogP contribution in [-0.2, 0) is 38.7 Å². The molecule has 4 saturated heterocycles. The van der Waals surface area contributed by atoms with Crippen LogP contribution in [0, 0.1) is 23.7 Å². The molecule has 39 heavy (non-hydrogen) atoms. The normalized spacial score (nSPS) is 25.6. The summed E-state index contributed by atoms with van der Waals surface area (Å²) in [5, 5.41) is 53.2. The topological polar surface area (TPSA) is 211 Å². The summed E-state index contributed by atoms with van der Waals surface area (Å²) >= 11 is 0. The molecular formula is C24H40Cl2N4O8Rh-4. The van der Waals surface area contributed by atoms with Crippen LogP contribution in [-0.4, -0.2) is 86.4 Å². The molecular weight excluding hydrogens is 646 g/mol. The molecule has 0 spiro atoms. The number of carbonyl (C=O) groups excluding carboxylic acids is 2. The molecule has 4 atom stereocenters. The van der Waals surface area contributed by atoms with Crippen molar-refractivity contribution in [3.8, 4) is 0 Å². The Morgan fingerprint density at radius 3 is 0.846 bits per heavy atom. The van der Waals surface area contributed by atoms with Gasteiger partial charge in [-0.2, -0.15) is 0 Å². The molecule has 0 aromatic carbocycles. The van der Waals surface area contributed by atoms with Crippen LogP contribution in [0.4, 0.5) is 0 Å². The second-order valence-electron chi connectivity index (χ2n) is 9.19. The van der Waals surface area contributed by atoms with Gasteiger partial charge in [-0.05, 0) is 37.5 Å². The molecule has 12 nitrogen and oxygen atoms in total. The van der Waals surface area contributed by atoms with Crippen LogP contribution in [0.25, 0.3) is 21.3 Å². The number of aliphatic carboxylic acids is 4. The molecule has 4 aliphatic rings. The number of carbonyl (C=O) groups is 4. The Morgan fingerprint density at radius 1 is 0.513 bits per heavy atom. The van der Waals surface area contributed by atoms with Crippen molar-refractivity contribution in [2.24, 2.45) is 23.7 Å². The maximum absolute atomic E-state index is 10.3. The summed E-state index contributed by atoms with van der Waals surface area (Å²) < 4.78 is 0. The van der Waals surface area contributed by atoms with E-state index in [1.54, 1.807) is 0 Å². The van der Waals surface area contributed by atoms with Crippen molar-refractivity contribution < 1.29 is 59.1 Å². The minimum absolute atomic E-state index is 0. The predicted molar refractivity (Wildman–Crippen MR) is 143 cm³/mol. The van der Waals surface area contributed by atoms with Gasteiger partial charge in [0.15, 0.2) is 0 Å². The van der Waals surface area contributed by atoms with Crippen molar-refractivity contribution in [3.63, 3.8) is 0 Å². The average molecular weight is 686 g/mol. The number of hydrogen-bond acceptors (Lipinski definition) is 6. The molecule has 4 heterocycles. The number of halogens is 2. The van der Waals surface area contributed by atoms with E-state index in [0.29, 0.717) is 26.2 Å². The zero-order valence-electron chi connectivity index (χ0n) is 21.9. The van der Waals surface area contributed by atoms with Crippen molar-refractivity contribution in [1.29, 1.82) is 0 Å². The summed E-state index contributed by atoms with van der Waals surface area (Å²) in [7, 11) is 0. The largest absolute Gasteiger partial charge is 2.00 e. The minimum Gasteiger partial charge on any atom is -0.662 e. The summed E-state index contributed by atoms with van der Waals surface area (Å²) in [4.78, 5) is 41.0. The van der Waals surface area contributed by atoms with E-state index in [9.17, 15) is 29.4 Å². The number of hydrogen-bond donors (Lipinski definition) is 2. The van der Waals surface area contributed by atoms with Crippen LogP contribution >= 0.6 is 24.8 Å². The van der Waals surface area contributed by atoms with Gasteiger partial charge in [0.05, 0.1) is 0 Å². The molecule has 4 unspecified atom stereocenters. The van der Waals surface area contributed by atoms with Gasteiger partial charge in [-0.1, -0.05) is 25.7 Å². The van der Waals surface area contributed by atoms with Gasteiger partial charge in [-0.15, -0.1) is 77.2 Å². The summed E-state index contributed by atoms with van der Waals surface area (Å²) in [5.41, 5.74) is 0. The van der Waals surface area contributed by atoms with E-state index in [4.69, 9.17) is 10.2 Å². The minimum atomic E-state index is -0.946. The molecule has 4 fully saturated rings. The molecule has 0 bridgehead atoms. The van der Waals surface area contributed by atoms with Gasteiger partial charge < -0.3 is 51.3 Å². The molecule has 4 aliphatic heterocycles. The number of carboxylic acids is 4. The molecule has 231 valence electrons. The molecule has 2 N–H and O–H groups in total. The quantitative estimate of drug-likeness (QED) is 0.414. The van der Waals surface area contributed by atoms with Gasteiger partial charge in [0.2, 0.25) is 0 Å². The Hall–Kier alpha value is -1.08. The Morgan fingerprint density at radius 2 is 0.744 bits per heavy atom. The number of nitrogens with zero attached hydrogens (tertiary/aromatic N) is 4. The van der Waals surface area contributed by atoms with Crippen molar-refractivity contribution in [2.45, 2.75) is 51.4 Å². The van der Waals surface area contributed by atoms with Crippen molar-refractivity contribution in [1.82, 2.24) is 0 Å². The van der Waals surface area contributed by atoms with Gasteiger partial charge in [0, 0.05) is 23.8 Å². The third kappa shape index (κ3) is 20.5. The van der Waals surface area contributed by atoms with E-state index in [1.807, 2.05) is 0 Å². The third-order valence-electron chi connectivity index (χ3n) is 6.24. The monoisotopic (exact) mass is 685 g/mol. The van der Waals surface area contributed by atoms with Gasteiger partial charge in [0.1, 0.15) is 0 Å². The van der Waals surface area contributed by atoms with E-state index >= 15 is 0 Å². The smallest absolute Gasteiger partial charge is 0.662 e. The standard InChI is InChI=1S/4C6H10NO2.2ClH.Rh/c4*8-6(9)5-2-1-3-7-4-5;;;/h4*5H,1-4H2,(H,8,9);2*1H;/q4*-1;;;+2/p-2. The Kier molecular flexibility index (Phi) is 28.1. The number of carboxylic acid groups (broad SMARTS) is 4. The zero-order chi connectivity index (χ0) is 26.8. The zero-order valence-corrected chi connectivity index (χ0v) is 25.2. The number of piperidine rings is 4. The van der Waals surface area contributed by atoms with Gasteiger partial charge in [-0.3, -0.25) is 9.59 Å². The maximum Gasteiger partial charge on any atom is 2.00 e. The van der Waals surface area contributed by atoms with Gasteiger partial charge in [0.25, 0.3) is 0 Å². The second-order valence-corrected chi connectivity index (χ2v) is 9.19. The van der Waals surface area contributed by atoms with Crippen LogP contribution in [0.5, 0.6) is 0 Å². The van der Waals surface area contributed by atoms with Crippen molar-refractivity contribution in [3.05, 3.63) is 21.3 Å².